The number of carbonyl (C=O) groups is 2. The van der Waals surface area contributed by atoms with Crippen molar-refractivity contribution in [3.05, 3.63) is 0 Å². The molecule has 0 aliphatic heterocycles. The Labute approximate surface area is 82.9 Å². The third kappa shape index (κ3) is 1.74. The fraction of sp³-hybridized carbons (Fsp3) is 0.800. The van der Waals surface area contributed by atoms with Crippen LogP contribution in [-0.4, -0.2) is 22.2 Å². The van der Waals surface area contributed by atoms with Gasteiger partial charge >= 0.3 is 11.9 Å². The van der Waals surface area contributed by atoms with Crippen LogP contribution in [0.1, 0.15) is 33.1 Å². The van der Waals surface area contributed by atoms with Crippen LogP contribution in [0.5, 0.6) is 0 Å². The van der Waals surface area contributed by atoms with E-state index in [1.165, 1.54) is 0 Å². The molecule has 0 radical (unpaired) electrons. The Bertz CT molecular complexity index is 261. The van der Waals surface area contributed by atoms with E-state index in [2.05, 4.69) is 0 Å². The summed E-state index contributed by atoms with van der Waals surface area (Å²) in [6.07, 6.45) is 1.73. The maximum Gasteiger partial charge on any atom is 0.310 e. The second-order valence-corrected chi connectivity index (χ2v) is 4.49. The molecule has 0 saturated heterocycles. The smallest absolute Gasteiger partial charge is 0.310 e. The molecular formula is C10H16O4. The number of hydrogen-bond acceptors (Lipinski definition) is 2. The van der Waals surface area contributed by atoms with Gasteiger partial charge in [0.1, 0.15) is 0 Å². The molecule has 0 bridgehead atoms. The minimum atomic E-state index is -1.08. The highest BCUT2D eigenvalue weighted by molar-refractivity contribution is 5.83. The van der Waals surface area contributed by atoms with Gasteiger partial charge in [-0.1, -0.05) is 6.92 Å². The number of hydrogen-bond donors (Lipinski definition) is 2. The van der Waals surface area contributed by atoms with Gasteiger partial charge in [-0.2, -0.15) is 0 Å². The molecule has 0 aromatic carbocycles. The van der Waals surface area contributed by atoms with Gasteiger partial charge < -0.3 is 10.2 Å². The average Bonchev–Trinajstić information content (AvgIpc) is 2.08. The minimum Gasteiger partial charge on any atom is -0.481 e. The first-order chi connectivity index (χ1) is 6.38. The molecule has 3 atom stereocenters. The zero-order valence-corrected chi connectivity index (χ0v) is 8.49. The van der Waals surface area contributed by atoms with Crippen molar-refractivity contribution in [2.75, 3.05) is 0 Å². The molecule has 0 spiro atoms. The Kier molecular flexibility index (Phi) is 2.83. The largest absolute Gasteiger partial charge is 0.481 e. The molecule has 0 aromatic heterocycles. The van der Waals surface area contributed by atoms with E-state index >= 15 is 0 Å². The zero-order valence-electron chi connectivity index (χ0n) is 8.49. The Hall–Kier alpha value is -1.06. The highest BCUT2D eigenvalue weighted by Crippen LogP contribution is 2.43. The van der Waals surface area contributed by atoms with Crippen LogP contribution in [0.25, 0.3) is 0 Å². The predicted molar refractivity (Wildman–Crippen MR) is 49.9 cm³/mol. The van der Waals surface area contributed by atoms with Gasteiger partial charge in [0.2, 0.25) is 0 Å². The van der Waals surface area contributed by atoms with Crippen LogP contribution in [0.2, 0.25) is 0 Å². The van der Waals surface area contributed by atoms with Gasteiger partial charge in [0.25, 0.3) is 0 Å². The summed E-state index contributed by atoms with van der Waals surface area (Å²) >= 11 is 0. The minimum absolute atomic E-state index is 0.309. The lowest BCUT2D eigenvalue weighted by Gasteiger charge is -2.37. The van der Waals surface area contributed by atoms with Crippen molar-refractivity contribution >= 4 is 11.9 Å². The standard InChI is InChI=1S/C10H16O4/c1-6-3-4-10(2,9(13)14)7(5-6)8(11)12/h6-7H,3-5H2,1-2H3,(H,11,12)(H,13,14)/t6-,7+,10+/m1/s1. The zero-order chi connectivity index (χ0) is 10.9. The fourth-order valence-electron chi connectivity index (χ4n) is 2.13. The Morgan fingerprint density at radius 3 is 2.36 bits per heavy atom. The summed E-state index contributed by atoms with van der Waals surface area (Å²) in [6, 6.07) is 0. The molecule has 0 unspecified atom stereocenters. The maximum absolute atomic E-state index is 11.0. The van der Waals surface area contributed by atoms with E-state index in [1.54, 1.807) is 6.92 Å². The van der Waals surface area contributed by atoms with Gasteiger partial charge in [-0.05, 0) is 32.1 Å². The van der Waals surface area contributed by atoms with Gasteiger partial charge in [-0.3, -0.25) is 9.59 Å². The van der Waals surface area contributed by atoms with E-state index < -0.39 is 23.3 Å². The molecule has 14 heavy (non-hydrogen) atoms. The number of aliphatic carboxylic acids is 2. The van der Waals surface area contributed by atoms with Crippen LogP contribution in [0.3, 0.4) is 0 Å². The van der Waals surface area contributed by atoms with E-state index in [-0.39, 0.29) is 0 Å². The lowest BCUT2D eigenvalue weighted by Crippen LogP contribution is -2.44. The summed E-state index contributed by atoms with van der Waals surface area (Å²) in [5, 5.41) is 18.0. The van der Waals surface area contributed by atoms with E-state index in [0.717, 1.165) is 6.42 Å². The second kappa shape index (κ2) is 3.59. The molecule has 0 amide bonds. The molecule has 2 N–H and O–H groups in total. The normalized spacial score (nSPS) is 37.9. The van der Waals surface area contributed by atoms with E-state index in [9.17, 15) is 9.59 Å². The molecule has 80 valence electrons. The Morgan fingerprint density at radius 1 is 1.36 bits per heavy atom. The van der Waals surface area contributed by atoms with E-state index in [4.69, 9.17) is 10.2 Å². The van der Waals surface area contributed by atoms with Gasteiger partial charge in [-0.25, -0.2) is 0 Å². The number of rotatable bonds is 2. The van der Waals surface area contributed by atoms with Crippen molar-refractivity contribution < 1.29 is 19.8 Å². The quantitative estimate of drug-likeness (QED) is 0.710. The molecule has 4 nitrogen and oxygen atoms in total. The van der Waals surface area contributed by atoms with Crippen LogP contribution in [0.4, 0.5) is 0 Å². The molecule has 4 heteroatoms. The van der Waals surface area contributed by atoms with Crippen molar-refractivity contribution in [3.63, 3.8) is 0 Å². The SMILES string of the molecule is C[C@@H]1CC[C@](C)(C(=O)O)[C@H](C(=O)O)C1. The topological polar surface area (TPSA) is 74.6 Å². The first-order valence-corrected chi connectivity index (χ1v) is 4.84. The molecule has 1 aliphatic carbocycles. The highest BCUT2D eigenvalue weighted by atomic mass is 16.4. The molecule has 0 heterocycles. The van der Waals surface area contributed by atoms with Crippen molar-refractivity contribution in [3.8, 4) is 0 Å². The highest BCUT2D eigenvalue weighted by Gasteiger charge is 2.48. The Morgan fingerprint density at radius 2 is 1.93 bits per heavy atom. The summed E-state index contributed by atoms with van der Waals surface area (Å²) in [5.74, 6) is -2.41. The van der Waals surface area contributed by atoms with Crippen LogP contribution < -0.4 is 0 Å². The van der Waals surface area contributed by atoms with Gasteiger partial charge in [-0.15, -0.1) is 0 Å². The van der Waals surface area contributed by atoms with E-state index in [0.29, 0.717) is 18.8 Å². The molecule has 1 fully saturated rings. The van der Waals surface area contributed by atoms with Crippen molar-refractivity contribution in [2.24, 2.45) is 17.3 Å². The van der Waals surface area contributed by atoms with Crippen LogP contribution in [0, 0.1) is 17.3 Å². The summed E-state index contributed by atoms with van der Waals surface area (Å²) in [5.41, 5.74) is -1.08. The monoisotopic (exact) mass is 200 g/mol. The second-order valence-electron chi connectivity index (χ2n) is 4.49. The van der Waals surface area contributed by atoms with Gasteiger partial charge in [0.15, 0.2) is 0 Å². The third-order valence-electron chi connectivity index (χ3n) is 3.35. The first-order valence-electron chi connectivity index (χ1n) is 4.84. The molecule has 1 rings (SSSR count). The number of carboxylic acid groups (broad SMARTS) is 2. The predicted octanol–water partition coefficient (Wildman–Crippen LogP) is 1.60. The van der Waals surface area contributed by atoms with Crippen molar-refractivity contribution in [1.82, 2.24) is 0 Å². The summed E-state index contributed by atoms with van der Waals surface area (Å²) in [4.78, 5) is 22.0. The molecule has 1 saturated carbocycles. The van der Waals surface area contributed by atoms with Gasteiger partial charge in [0.05, 0.1) is 11.3 Å². The third-order valence-corrected chi connectivity index (χ3v) is 3.35. The van der Waals surface area contributed by atoms with Crippen molar-refractivity contribution in [1.29, 1.82) is 0 Å². The summed E-state index contributed by atoms with van der Waals surface area (Å²) < 4.78 is 0. The summed E-state index contributed by atoms with van der Waals surface area (Å²) in [6.45, 7) is 3.51. The average molecular weight is 200 g/mol. The first kappa shape index (κ1) is 11.0. The Balaban J connectivity index is 2.93. The molecule has 1 aliphatic rings. The molecular weight excluding hydrogens is 184 g/mol. The maximum atomic E-state index is 11.0. The van der Waals surface area contributed by atoms with Crippen molar-refractivity contribution in [2.45, 2.75) is 33.1 Å². The van der Waals surface area contributed by atoms with Gasteiger partial charge in [0, 0.05) is 0 Å². The van der Waals surface area contributed by atoms with Crippen LogP contribution >= 0.6 is 0 Å². The van der Waals surface area contributed by atoms with E-state index in [1.807, 2.05) is 6.92 Å². The summed E-state index contributed by atoms with van der Waals surface area (Å²) in [7, 11) is 0. The fourth-order valence-corrected chi connectivity index (χ4v) is 2.13. The number of carboxylic acids is 2. The molecule has 0 aromatic rings. The lowest BCUT2D eigenvalue weighted by atomic mass is 9.64. The van der Waals surface area contributed by atoms with Crippen LogP contribution in [0.15, 0.2) is 0 Å². The van der Waals surface area contributed by atoms with Crippen LogP contribution in [-0.2, 0) is 9.59 Å². The lowest BCUT2D eigenvalue weighted by molar-refractivity contribution is -0.165.